The van der Waals surface area contributed by atoms with E-state index < -0.39 is 0 Å². The van der Waals surface area contributed by atoms with Gasteiger partial charge in [-0.15, -0.1) is 0 Å². The number of hydrogen-bond acceptors (Lipinski definition) is 2. The maximum Gasteiger partial charge on any atom is 0.227 e. The molecular weight excluding hydrogens is 384 g/mol. The molecule has 0 radical (unpaired) electrons. The number of rotatable bonds is 9. The molecule has 0 saturated heterocycles. The fourth-order valence-corrected chi connectivity index (χ4v) is 3.56. The minimum atomic E-state index is -0.358. The van der Waals surface area contributed by atoms with Crippen LogP contribution in [0.25, 0.3) is 11.0 Å². The normalized spacial score (nSPS) is 11.4. The Morgan fingerprint density at radius 3 is 2.63 bits per heavy atom. The Bertz CT molecular complexity index is 1010. The lowest BCUT2D eigenvalue weighted by atomic mass is 10.1. The topological polar surface area (TPSA) is 38.1 Å². The number of imidazole rings is 1. The van der Waals surface area contributed by atoms with Crippen molar-refractivity contribution in [3.05, 3.63) is 65.5 Å². The van der Waals surface area contributed by atoms with Gasteiger partial charge in [0.2, 0.25) is 5.91 Å². The van der Waals surface area contributed by atoms with E-state index in [0.717, 1.165) is 18.4 Å². The Kier molecular flexibility index (Phi) is 7.19. The SMILES string of the molecule is CCCn1c(CN(CCC(C)C)C(=O)Cc2cccc(F)c2)nc2c(F)cccc21. The first kappa shape index (κ1) is 21.9. The summed E-state index contributed by atoms with van der Waals surface area (Å²) < 4.78 is 29.8. The minimum Gasteiger partial charge on any atom is -0.335 e. The zero-order valence-electron chi connectivity index (χ0n) is 17.9. The summed E-state index contributed by atoms with van der Waals surface area (Å²) in [5.74, 6) is 0.309. The van der Waals surface area contributed by atoms with Crippen LogP contribution < -0.4 is 0 Å². The summed E-state index contributed by atoms with van der Waals surface area (Å²) in [6.45, 7) is 7.85. The summed E-state index contributed by atoms with van der Waals surface area (Å²) in [6, 6.07) is 11.1. The van der Waals surface area contributed by atoms with E-state index in [4.69, 9.17) is 0 Å². The highest BCUT2D eigenvalue weighted by Crippen LogP contribution is 2.21. The Balaban J connectivity index is 1.90. The van der Waals surface area contributed by atoms with Crippen molar-refractivity contribution in [1.29, 1.82) is 0 Å². The van der Waals surface area contributed by atoms with E-state index in [2.05, 4.69) is 25.8 Å². The number of nitrogens with zero attached hydrogens (tertiary/aromatic N) is 3. The number of aryl methyl sites for hydroxylation is 1. The molecule has 2 aromatic carbocycles. The second kappa shape index (κ2) is 9.83. The van der Waals surface area contributed by atoms with Crippen LogP contribution in [-0.2, 0) is 24.3 Å². The van der Waals surface area contributed by atoms with Gasteiger partial charge in [0.25, 0.3) is 0 Å². The molecule has 0 fully saturated rings. The summed E-state index contributed by atoms with van der Waals surface area (Å²) in [6.07, 6.45) is 1.84. The Hall–Kier alpha value is -2.76. The molecule has 0 saturated carbocycles. The van der Waals surface area contributed by atoms with Crippen LogP contribution in [-0.4, -0.2) is 26.9 Å². The summed E-state index contributed by atoms with van der Waals surface area (Å²) in [4.78, 5) is 19.4. The van der Waals surface area contributed by atoms with Crippen LogP contribution >= 0.6 is 0 Å². The molecule has 0 bridgehead atoms. The summed E-state index contributed by atoms with van der Waals surface area (Å²) in [5.41, 5.74) is 1.72. The zero-order chi connectivity index (χ0) is 21.7. The van der Waals surface area contributed by atoms with E-state index in [-0.39, 0.29) is 24.0 Å². The third-order valence-electron chi connectivity index (χ3n) is 5.16. The van der Waals surface area contributed by atoms with E-state index in [9.17, 15) is 13.6 Å². The van der Waals surface area contributed by atoms with Crippen LogP contribution in [0.4, 0.5) is 8.78 Å². The molecule has 0 unspecified atom stereocenters. The van der Waals surface area contributed by atoms with Crippen LogP contribution in [0.5, 0.6) is 0 Å². The highest BCUT2D eigenvalue weighted by molar-refractivity contribution is 5.79. The molecule has 4 nitrogen and oxygen atoms in total. The van der Waals surface area contributed by atoms with Gasteiger partial charge in [-0.25, -0.2) is 13.8 Å². The van der Waals surface area contributed by atoms with Crippen molar-refractivity contribution in [1.82, 2.24) is 14.5 Å². The minimum absolute atomic E-state index is 0.0863. The van der Waals surface area contributed by atoms with Crippen molar-refractivity contribution < 1.29 is 13.6 Å². The number of carbonyl (C=O) groups excluding carboxylic acids is 1. The third-order valence-corrected chi connectivity index (χ3v) is 5.16. The van der Waals surface area contributed by atoms with Crippen LogP contribution in [0.2, 0.25) is 0 Å². The number of benzene rings is 2. The van der Waals surface area contributed by atoms with Crippen LogP contribution in [0, 0.1) is 17.6 Å². The quantitative estimate of drug-likeness (QED) is 0.475. The lowest BCUT2D eigenvalue weighted by Crippen LogP contribution is -2.34. The number of para-hydroxylation sites is 1. The fourth-order valence-electron chi connectivity index (χ4n) is 3.56. The molecule has 3 rings (SSSR count). The first-order valence-electron chi connectivity index (χ1n) is 10.5. The molecule has 6 heteroatoms. The number of carbonyl (C=O) groups is 1. The van der Waals surface area contributed by atoms with Gasteiger partial charge in [0.05, 0.1) is 18.5 Å². The lowest BCUT2D eigenvalue weighted by Gasteiger charge is -2.24. The molecule has 160 valence electrons. The van der Waals surface area contributed by atoms with Gasteiger partial charge >= 0.3 is 0 Å². The third kappa shape index (κ3) is 5.23. The second-order valence-corrected chi connectivity index (χ2v) is 8.09. The standard InChI is InChI=1S/C24H29F2N3O/c1-4-12-29-21-10-6-9-20(26)24(21)27-22(29)16-28(13-11-17(2)3)23(30)15-18-7-5-8-19(25)14-18/h5-10,14,17H,4,11-13,15-16H2,1-3H3. The highest BCUT2D eigenvalue weighted by atomic mass is 19.1. The molecule has 30 heavy (non-hydrogen) atoms. The van der Waals surface area contributed by atoms with E-state index in [1.54, 1.807) is 23.1 Å². The monoisotopic (exact) mass is 413 g/mol. The molecule has 0 spiro atoms. The van der Waals surface area contributed by atoms with E-state index >= 15 is 0 Å². The molecule has 0 aliphatic heterocycles. The van der Waals surface area contributed by atoms with Gasteiger partial charge in [0, 0.05) is 13.1 Å². The fraction of sp³-hybridized carbons (Fsp3) is 0.417. The summed E-state index contributed by atoms with van der Waals surface area (Å²) in [5, 5.41) is 0. The number of amides is 1. The first-order valence-corrected chi connectivity index (χ1v) is 10.5. The Morgan fingerprint density at radius 1 is 1.17 bits per heavy atom. The van der Waals surface area contributed by atoms with Gasteiger partial charge in [-0.2, -0.15) is 0 Å². The average molecular weight is 414 g/mol. The van der Waals surface area contributed by atoms with Gasteiger partial charge in [0.1, 0.15) is 17.2 Å². The summed E-state index contributed by atoms with van der Waals surface area (Å²) in [7, 11) is 0. The number of hydrogen-bond donors (Lipinski definition) is 0. The van der Waals surface area contributed by atoms with Crippen molar-refractivity contribution in [3.8, 4) is 0 Å². The highest BCUT2D eigenvalue weighted by Gasteiger charge is 2.20. The second-order valence-electron chi connectivity index (χ2n) is 8.09. The van der Waals surface area contributed by atoms with Crippen molar-refractivity contribution >= 4 is 16.9 Å². The molecule has 1 amide bonds. The molecule has 0 atom stereocenters. The number of fused-ring (bicyclic) bond motifs is 1. The molecule has 3 aromatic rings. The maximum atomic E-state index is 14.3. The van der Waals surface area contributed by atoms with Crippen LogP contribution in [0.15, 0.2) is 42.5 Å². The predicted octanol–water partition coefficient (Wildman–Crippen LogP) is 5.34. The number of aromatic nitrogens is 2. The lowest BCUT2D eigenvalue weighted by molar-refractivity contribution is -0.131. The van der Waals surface area contributed by atoms with Crippen molar-refractivity contribution in [2.75, 3.05) is 6.54 Å². The van der Waals surface area contributed by atoms with E-state index in [0.29, 0.717) is 42.5 Å². The van der Waals surface area contributed by atoms with Gasteiger partial charge in [-0.3, -0.25) is 4.79 Å². The largest absolute Gasteiger partial charge is 0.335 e. The van der Waals surface area contributed by atoms with Gasteiger partial charge < -0.3 is 9.47 Å². The number of halogens is 2. The molecule has 0 N–H and O–H groups in total. The summed E-state index contributed by atoms with van der Waals surface area (Å²) >= 11 is 0. The Morgan fingerprint density at radius 2 is 1.93 bits per heavy atom. The molecule has 0 aliphatic rings. The van der Waals surface area contributed by atoms with Crippen molar-refractivity contribution in [3.63, 3.8) is 0 Å². The molecule has 1 heterocycles. The van der Waals surface area contributed by atoms with Gasteiger partial charge in [-0.05, 0) is 48.6 Å². The van der Waals surface area contributed by atoms with Crippen molar-refractivity contribution in [2.45, 2.75) is 53.1 Å². The van der Waals surface area contributed by atoms with E-state index in [1.165, 1.54) is 18.2 Å². The first-order chi connectivity index (χ1) is 14.4. The van der Waals surface area contributed by atoms with Gasteiger partial charge in [0.15, 0.2) is 5.82 Å². The smallest absolute Gasteiger partial charge is 0.227 e. The maximum absolute atomic E-state index is 14.3. The van der Waals surface area contributed by atoms with Crippen LogP contribution in [0.1, 0.15) is 45.0 Å². The van der Waals surface area contributed by atoms with Crippen LogP contribution in [0.3, 0.4) is 0 Å². The molecule has 0 aliphatic carbocycles. The predicted molar refractivity (Wildman–Crippen MR) is 115 cm³/mol. The average Bonchev–Trinajstić information content (AvgIpc) is 3.04. The zero-order valence-corrected chi connectivity index (χ0v) is 17.9. The van der Waals surface area contributed by atoms with Crippen molar-refractivity contribution in [2.24, 2.45) is 5.92 Å². The van der Waals surface area contributed by atoms with Gasteiger partial charge in [-0.1, -0.05) is 39.0 Å². The molecular formula is C24H29F2N3O. The van der Waals surface area contributed by atoms with E-state index in [1.807, 2.05) is 10.6 Å². The Labute approximate surface area is 176 Å². The molecule has 1 aromatic heterocycles.